The van der Waals surface area contributed by atoms with Crippen molar-refractivity contribution in [2.24, 2.45) is 0 Å². The number of carboxylic acids is 2. The molecule has 8 nitrogen and oxygen atoms in total. The molecule has 1 aliphatic rings. The molecule has 134 valence electrons. The highest BCUT2D eigenvalue weighted by molar-refractivity contribution is 5.85. The molecule has 2 aromatic rings. The summed E-state index contributed by atoms with van der Waals surface area (Å²) in [6.45, 7) is 0. The molecule has 1 heterocycles. The summed E-state index contributed by atoms with van der Waals surface area (Å²) < 4.78 is 11.3. The van der Waals surface area contributed by atoms with Gasteiger partial charge in [0.15, 0.2) is 29.1 Å². The van der Waals surface area contributed by atoms with E-state index < -0.39 is 29.9 Å². The Morgan fingerprint density at radius 2 is 1.69 bits per heavy atom. The molecule has 2 atom stereocenters. The van der Waals surface area contributed by atoms with Crippen LogP contribution in [0.5, 0.6) is 23.0 Å². The number of ether oxygens (including phenoxy) is 2. The quantitative estimate of drug-likeness (QED) is 0.483. The van der Waals surface area contributed by atoms with E-state index in [0.29, 0.717) is 11.1 Å². The molecular weight excluding hydrogens is 344 g/mol. The number of benzene rings is 2. The fourth-order valence-corrected chi connectivity index (χ4v) is 2.52. The van der Waals surface area contributed by atoms with Gasteiger partial charge in [0.2, 0.25) is 6.10 Å². The second-order valence-corrected chi connectivity index (χ2v) is 5.54. The van der Waals surface area contributed by atoms with Crippen LogP contribution in [0.15, 0.2) is 42.5 Å². The second-order valence-electron chi connectivity index (χ2n) is 5.54. The third-order valence-electron chi connectivity index (χ3n) is 3.74. The van der Waals surface area contributed by atoms with Gasteiger partial charge in [0.1, 0.15) is 0 Å². The van der Waals surface area contributed by atoms with Crippen molar-refractivity contribution in [2.75, 3.05) is 0 Å². The van der Waals surface area contributed by atoms with E-state index in [2.05, 4.69) is 0 Å². The monoisotopic (exact) mass is 358 g/mol. The largest absolute Gasteiger partial charge is 0.504 e. The molecule has 8 heteroatoms. The number of carboxylic acid groups (broad SMARTS) is 2. The molecule has 0 unspecified atom stereocenters. The van der Waals surface area contributed by atoms with Crippen LogP contribution < -0.4 is 9.47 Å². The summed E-state index contributed by atoms with van der Waals surface area (Å²) in [5.41, 5.74) is 0.813. The van der Waals surface area contributed by atoms with Gasteiger partial charge in [-0.25, -0.2) is 9.59 Å². The maximum Gasteiger partial charge on any atom is 0.349 e. The van der Waals surface area contributed by atoms with E-state index in [0.717, 1.165) is 6.08 Å². The predicted octanol–water partition coefficient (Wildman–Crippen LogP) is 2.16. The number of hydrogen-bond acceptors (Lipinski definition) is 6. The minimum absolute atomic E-state index is 0.157. The number of phenolic OH excluding ortho intramolecular Hbond substituents is 2. The zero-order chi connectivity index (χ0) is 18.8. The van der Waals surface area contributed by atoms with Crippen LogP contribution in [0.25, 0.3) is 6.08 Å². The molecule has 1 aliphatic heterocycles. The highest BCUT2D eigenvalue weighted by Gasteiger charge is 2.38. The summed E-state index contributed by atoms with van der Waals surface area (Å²) in [7, 11) is 0. The second kappa shape index (κ2) is 6.67. The van der Waals surface area contributed by atoms with Gasteiger partial charge in [-0.2, -0.15) is 0 Å². The van der Waals surface area contributed by atoms with E-state index in [1.54, 1.807) is 6.07 Å². The van der Waals surface area contributed by atoms with Crippen LogP contribution in [-0.2, 0) is 9.59 Å². The normalized spacial score (nSPS) is 18.6. The lowest BCUT2D eigenvalue weighted by atomic mass is 10.0. The van der Waals surface area contributed by atoms with E-state index in [4.69, 9.17) is 14.6 Å². The minimum atomic E-state index is -1.40. The van der Waals surface area contributed by atoms with E-state index in [1.165, 1.54) is 36.4 Å². The van der Waals surface area contributed by atoms with Crippen molar-refractivity contribution in [3.05, 3.63) is 53.6 Å². The Bertz CT molecular complexity index is 902. The van der Waals surface area contributed by atoms with Gasteiger partial charge in [0.25, 0.3) is 0 Å². The van der Waals surface area contributed by atoms with Crippen LogP contribution in [0, 0.1) is 0 Å². The summed E-state index contributed by atoms with van der Waals surface area (Å²) in [6, 6.07) is 8.44. The van der Waals surface area contributed by atoms with Gasteiger partial charge in [-0.1, -0.05) is 12.1 Å². The molecule has 0 saturated carbocycles. The Kier molecular flexibility index (Phi) is 4.40. The Morgan fingerprint density at radius 1 is 0.923 bits per heavy atom. The van der Waals surface area contributed by atoms with E-state index in [-0.39, 0.29) is 17.2 Å². The van der Waals surface area contributed by atoms with Crippen molar-refractivity contribution in [2.45, 2.75) is 12.2 Å². The van der Waals surface area contributed by atoms with Crippen LogP contribution in [-0.4, -0.2) is 38.5 Å². The van der Waals surface area contributed by atoms with E-state index >= 15 is 0 Å². The van der Waals surface area contributed by atoms with Gasteiger partial charge in [-0.3, -0.25) is 0 Å². The van der Waals surface area contributed by atoms with Crippen molar-refractivity contribution in [1.29, 1.82) is 0 Å². The predicted molar refractivity (Wildman–Crippen MR) is 88.3 cm³/mol. The van der Waals surface area contributed by atoms with Crippen molar-refractivity contribution >= 4 is 18.0 Å². The molecular formula is C18H14O8. The van der Waals surface area contributed by atoms with Crippen molar-refractivity contribution < 1.29 is 39.5 Å². The zero-order valence-electron chi connectivity index (χ0n) is 13.2. The zero-order valence-corrected chi connectivity index (χ0v) is 13.2. The van der Waals surface area contributed by atoms with Gasteiger partial charge < -0.3 is 29.9 Å². The average molecular weight is 358 g/mol. The third-order valence-corrected chi connectivity index (χ3v) is 3.74. The number of aliphatic carboxylic acids is 2. The molecule has 0 radical (unpaired) electrons. The molecule has 0 saturated heterocycles. The van der Waals surface area contributed by atoms with Gasteiger partial charge >= 0.3 is 11.9 Å². The molecule has 0 fully saturated rings. The fourth-order valence-electron chi connectivity index (χ4n) is 2.52. The number of fused-ring (bicyclic) bond motifs is 1. The van der Waals surface area contributed by atoms with E-state index in [1.807, 2.05) is 0 Å². The Balaban J connectivity index is 1.96. The number of hydrogen-bond donors (Lipinski definition) is 4. The summed E-state index contributed by atoms with van der Waals surface area (Å²) >= 11 is 0. The lowest BCUT2D eigenvalue weighted by molar-refractivity contribution is -0.151. The molecule has 0 bridgehead atoms. The van der Waals surface area contributed by atoms with Gasteiger partial charge in [0, 0.05) is 11.6 Å². The average Bonchev–Trinajstić information content (AvgIpc) is 2.61. The smallest absolute Gasteiger partial charge is 0.349 e. The minimum Gasteiger partial charge on any atom is -0.504 e. The maximum atomic E-state index is 11.6. The first-order valence-corrected chi connectivity index (χ1v) is 7.48. The number of carbonyl (C=O) groups is 2. The highest BCUT2D eigenvalue weighted by Crippen LogP contribution is 2.41. The van der Waals surface area contributed by atoms with E-state index in [9.17, 15) is 24.9 Å². The topological polar surface area (TPSA) is 134 Å². The highest BCUT2D eigenvalue weighted by atomic mass is 16.6. The molecule has 2 aromatic carbocycles. The van der Waals surface area contributed by atoms with Crippen molar-refractivity contribution in [3.8, 4) is 23.0 Å². The first-order chi connectivity index (χ1) is 12.3. The molecule has 0 spiro atoms. The summed E-state index contributed by atoms with van der Waals surface area (Å²) in [5.74, 6) is -2.71. The first-order valence-electron chi connectivity index (χ1n) is 7.48. The van der Waals surface area contributed by atoms with Gasteiger partial charge in [0.05, 0.1) is 0 Å². The van der Waals surface area contributed by atoms with Crippen LogP contribution >= 0.6 is 0 Å². The van der Waals surface area contributed by atoms with Crippen LogP contribution in [0.1, 0.15) is 17.2 Å². The lowest BCUT2D eigenvalue weighted by Gasteiger charge is -2.32. The maximum absolute atomic E-state index is 11.6. The van der Waals surface area contributed by atoms with Gasteiger partial charge in [-0.15, -0.1) is 0 Å². The third kappa shape index (κ3) is 3.39. The molecule has 0 aromatic heterocycles. The Labute approximate surface area is 147 Å². The molecule has 0 amide bonds. The molecule has 26 heavy (non-hydrogen) atoms. The van der Waals surface area contributed by atoms with Crippen LogP contribution in [0.4, 0.5) is 0 Å². The molecule has 4 N–H and O–H groups in total. The van der Waals surface area contributed by atoms with Gasteiger partial charge in [-0.05, 0) is 35.9 Å². The molecule has 3 rings (SSSR count). The number of phenols is 2. The Morgan fingerprint density at radius 3 is 2.35 bits per heavy atom. The number of rotatable bonds is 4. The molecule has 0 aliphatic carbocycles. The standard InChI is InChI=1S/C18H14O8/c19-11-4-3-10(8-12(11)20)16-17(18(23)24)26-14-7-9(2-6-15(21)22)1-5-13(14)25-16/h1-8,16-17,19-20H,(H,21,22)(H,23,24)/b6-2+/t16-,17+/m0/s1. The fraction of sp³-hybridized carbons (Fsp3) is 0.111. The SMILES string of the molecule is O=C(O)/C=C/c1ccc2c(c1)O[C@@H](C(=O)O)[C@H](c1ccc(O)c(O)c1)O2. The Hall–Kier alpha value is -3.68. The van der Waals surface area contributed by atoms with Crippen LogP contribution in [0.3, 0.4) is 0 Å². The van der Waals surface area contributed by atoms with Crippen molar-refractivity contribution in [1.82, 2.24) is 0 Å². The number of aromatic hydroxyl groups is 2. The van der Waals surface area contributed by atoms with Crippen molar-refractivity contribution in [3.63, 3.8) is 0 Å². The summed E-state index contributed by atoms with van der Waals surface area (Å²) in [4.78, 5) is 22.2. The summed E-state index contributed by atoms with van der Waals surface area (Å²) in [6.07, 6.45) is -0.161. The van der Waals surface area contributed by atoms with Crippen LogP contribution in [0.2, 0.25) is 0 Å². The first kappa shape index (κ1) is 17.2. The lowest BCUT2D eigenvalue weighted by Crippen LogP contribution is -2.39. The summed E-state index contributed by atoms with van der Waals surface area (Å²) in [5, 5.41) is 37.2.